The van der Waals surface area contributed by atoms with Crippen molar-refractivity contribution in [3.63, 3.8) is 0 Å². The molecule has 1 aromatic rings. The fourth-order valence-electron chi connectivity index (χ4n) is 0.581. The van der Waals surface area contributed by atoms with Crippen LogP contribution in [-0.2, 0) is 0 Å². The van der Waals surface area contributed by atoms with E-state index in [1.165, 1.54) is 4.90 Å². The van der Waals surface area contributed by atoms with Gasteiger partial charge in [-0.05, 0) is 36.6 Å². The number of aromatic carboxylic acids is 1. The van der Waals surface area contributed by atoms with E-state index >= 15 is 0 Å². The molecule has 19 heavy (non-hydrogen) atoms. The number of aliphatic hydroxyl groups excluding tert-OH is 2. The summed E-state index contributed by atoms with van der Waals surface area (Å²) in [6, 6.07) is 8.30. The van der Waals surface area contributed by atoms with Crippen molar-refractivity contribution in [1.29, 1.82) is 0 Å². The van der Waals surface area contributed by atoms with Crippen LogP contribution in [0.3, 0.4) is 0 Å². The van der Waals surface area contributed by atoms with Crippen molar-refractivity contribution >= 4 is 40.8 Å². The van der Waals surface area contributed by atoms with Gasteiger partial charge in [-0.25, -0.2) is 4.79 Å². The topological polar surface area (TPSA) is 107 Å². The van der Waals surface area contributed by atoms with E-state index in [1.807, 2.05) is 0 Å². The number of carboxylic acid groups (broad SMARTS) is 1. The number of rotatable bonds is 1. The van der Waals surface area contributed by atoms with Crippen LogP contribution in [0.15, 0.2) is 30.3 Å². The largest absolute Gasteiger partial charge is 0.487 e. The van der Waals surface area contributed by atoms with Gasteiger partial charge in [0.05, 0.1) is 5.56 Å². The smallest absolute Gasteiger partial charge is 0.335 e. The maximum atomic E-state index is 10.2. The molecular weight excluding hydrogens is 288 g/mol. The van der Waals surface area contributed by atoms with E-state index < -0.39 is 11.1 Å². The van der Waals surface area contributed by atoms with E-state index in [1.54, 1.807) is 44.4 Å². The van der Waals surface area contributed by atoms with Crippen LogP contribution in [-0.4, -0.2) is 50.6 Å². The zero-order valence-corrected chi connectivity index (χ0v) is 12.1. The molecule has 0 atom stereocenters. The lowest BCUT2D eigenvalue weighted by atomic mass is 10.2. The monoisotopic (exact) mass is 304 g/mol. The van der Waals surface area contributed by atoms with Gasteiger partial charge in [-0.15, -0.1) is 0 Å². The Morgan fingerprint density at radius 1 is 1.11 bits per heavy atom. The summed E-state index contributed by atoms with van der Waals surface area (Å²) in [6.07, 6.45) is 0. The Morgan fingerprint density at radius 3 is 1.58 bits per heavy atom. The molecule has 106 valence electrons. The van der Waals surface area contributed by atoms with Crippen LogP contribution in [0.25, 0.3) is 0 Å². The van der Waals surface area contributed by atoms with Gasteiger partial charge in [0.15, 0.2) is 0 Å². The number of carboxylic acids is 1. The van der Waals surface area contributed by atoms with E-state index in [0.717, 1.165) is 0 Å². The number of carbonyl (C=O) groups is 1. The van der Waals surface area contributed by atoms with E-state index in [4.69, 9.17) is 15.3 Å². The quantitative estimate of drug-likeness (QED) is 0.579. The molecule has 0 saturated heterocycles. The van der Waals surface area contributed by atoms with Gasteiger partial charge < -0.3 is 26.0 Å². The first-order valence-electron chi connectivity index (χ1n) is 4.85. The minimum absolute atomic E-state index is 0.0741. The standard InChI is InChI=1S/C7H6O2.C3H7NOS.CH3NOS/c8-7(9)6-4-2-1-3-5-6;1-4(2)3(5)6;2-1(3)4/h1-5H,(H,8,9);1-2H3,(H,5,6);(H3,2,3,4). The summed E-state index contributed by atoms with van der Waals surface area (Å²) in [7, 11) is 3.37. The van der Waals surface area contributed by atoms with Gasteiger partial charge in [0, 0.05) is 14.1 Å². The first-order chi connectivity index (χ1) is 8.68. The normalized spacial score (nSPS) is 7.89. The lowest BCUT2D eigenvalue weighted by Gasteiger charge is -2.03. The number of hydrogen-bond donors (Lipinski definition) is 4. The molecule has 0 radical (unpaired) electrons. The number of benzene rings is 1. The predicted octanol–water partition coefficient (Wildman–Crippen LogP) is 1.56. The Bertz CT molecular complexity index is 406. The second-order valence-electron chi connectivity index (χ2n) is 3.19. The highest BCUT2D eigenvalue weighted by atomic mass is 32.1. The van der Waals surface area contributed by atoms with Crippen molar-refractivity contribution in [3.05, 3.63) is 35.9 Å². The van der Waals surface area contributed by atoms with Crippen molar-refractivity contribution in [2.24, 2.45) is 5.73 Å². The zero-order chi connectivity index (χ0) is 15.4. The average Bonchev–Trinajstić information content (AvgIpc) is 2.30. The second kappa shape index (κ2) is 11.2. The highest BCUT2D eigenvalue weighted by Gasteiger charge is 1.96. The molecule has 0 aliphatic carbocycles. The number of nitrogens with zero attached hydrogens (tertiary/aromatic N) is 1. The minimum Gasteiger partial charge on any atom is -0.487 e. The molecule has 6 nitrogen and oxygen atoms in total. The molecule has 0 fully saturated rings. The SMILES string of the molecule is CN(C)C(O)=S.NC(O)=S.O=C(O)c1ccccc1. The molecule has 0 spiro atoms. The van der Waals surface area contributed by atoms with Gasteiger partial charge in [-0.1, -0.05) is 18.2 Å². The van der Waals surface area contributed by atoms with Crippen molar-refractivity contribution < 1.29 is 20.1 Å². The molecule has 0 heterocycles. The van der Waals surface area contributed by atoms with Crippen molar-refractivity contribution in [2.75, 3.05) is 14.1 Å². The van der Waals surface area contributed by atoms with Crippen LogP contribution in [0.2, 0.25) is 0 Å². The van der Waals surface area contributed by atoms with E-state index in [2.05, 4.69) is 30.2 Å². The predicted molar refractivity (Wildman–Crippen MR) is 81.7 cm³/mol. The molecule has 0 aliphatic heterocycles. The van der Waals surface area contributed by atoms with Crippen molar-refractivity contribution in [3.8, 4) is 0 Å². The summed E-state index contributed by atoms with van der Waals surface area (Å²) in [5, 5.41) is 23.7. The Morgan fingerprint density at radius 2 is 1.42 bits per heavy atom. The van der Waals surface area contributed by atoms with Crippen LogP contribution < -0.4 is 5.73 Å². The van der Waals surface area contributed by atoms with Crippen LogP contribution >= 0.6 is 24.4 Å². The fraction of sp³-hybridized carbons (Fsp3) is 0.182. The van der Waals surface area contributed by atoms with Crippen molar-refractivity contribution in [2.45, 2.75) is 0 Å². The summed E-state index contributed by atoms with van der Waals surface area (Å²) in [4.78, 5) is 11.7. The van der Waals surface area contributed by atoms with E-state index in [0.29, 0.717) is 5.56 Å². The fourth-order valence-corrected chi connectivity index (χ4v) is 0.581. The molecule has 0 saturated carbocycles. The summed E-state index contributed by atoms with van der Waals surface area (Å²) in [5.41, 5.74) is 4.73. The third kappa shape index (κ3) is 16.1. The van der Waals surface area contributed by atoms with Gasteiger partial charge in [0.25, 0.3) is 10.3 Å². The van der Waals surface area contributed by atoms with Gasteiger partial charge in [-0.3, -0.25) is 0 Å². The Kier molecular flexibility index (Phi) is 11.4. The molecular formula is C11H16N2O4S2. The van der Waals surface area contributed by atoms with Gasteiger partial charge in [-0.2, -0.15) is 0 Å². The molecule has 5 N–H and O–H groups in total. The minimum atomic E-state index is -0.879. The summed E-state index contributed by atoms with van der Waals surface area (Å²) < 4.78 is 0. The number of aliphatic hydroxyl groups is 2. The van der Waals surface area contributed by atoms with Crippen molar-refractivity contribution in [1.82, 2.24) is 4.90 Å². The van der Waals surface area contributed by atoms with E-state index in [9.17, 15) is 4.79 Å². The molecule has 1 rings (SSSR count). The van der Waals surface area contributed by atoms with Crippen LogP contribution in [0, 0.1) is 0 Å². The highest BCUT2D eigenvalue weighted by Crippen LogP contribution is 1.96. The molecule has 0 bridgehead atoms. The third-order valence-corrected chi connectivity index (χ3v) is 1.77. The molecule has 0 unspecified atom stereocenters. The maximum Gasteiger partial charge on any atom is 0.335 e. The molecule has 8 heteroatoms. The van der Waals surface area contributed by atoms with Gasteiger partial charge in [0.2, 0.25) is 0 Å². The second-order valence-corrected chi connectivity index (χ2v) is 3.97. The third-order valence-electron chi connectivity index (χ3n) is 1.40. The number of nitrogens with two attached hydrogens (primary N) is 1. The summed E-state index contributed by atoms with van der Waals surface area (Å²) in [6.45, 7) is 0. The summed E-state index contributed by atoms with van der Waals surface area (Å²) in [5.74, 6) is -0.879. The lowest BCUT2D eigenvalue weighted by molar-refractivity contribution is 0.0697. The first-order valence-corrected chi connectivity index (χ1v) is 5.67. The van der Waals surface area contributed by atoms with E-state index in [-0.39, 0.29) is 5.17 Å². The Balaban J connectivity index is 0. The number of thiocarbonyl (C=S) groups is 2. The van der Waals surface area contributed by atoms with Crippen LogP contribution in [0.4, 0.5) is 0 Å². The Labute approximate surface area is 122 Å². The lowest BCUT2D eigenvalue weighted by Crippen LogP contribution is -2.17. The first kappa shape index (κ1) is 19.4. The number of hydrogen-bond acceptors (Lipinski definition) is 3. The average molecular weight is 304 g/mol. The highest BCUT2D eigenvalue weighted by molar-refractivity contribution is 7.80. The van der Waals surface area contributed by atoms with Crippen LogP contribution in [0.5, 0.6) is 0 Å². The van der Waals surface area contributed by atoms with Crippen LogP contribution in [0.1, 0.15) is 10.4 Å². The molecule has 0 aliphatic rings. The Hall–Kier alpha value is -1.93. The maximum absolute atomic E-state index is 10.2. The van der Waals surface area contributed by atoms with Gasteiger partial charge in [0.1, 0.15) is 0 Å². The van der Waals surface area contributed by atoms with Gasteiger partial charge >= 0.3 is 5.97 Å². The molecule has 0 aromatic heterocycles. The summed E-state index contributed by atoms with van der Waals surface area (Å²) >= 11 is 8.17. The molecule has 0 amide bonds. The zero-order valence-electron chi connectivity index (χ0n) is 10.5. The molecule has 1 aromatic carbocycles.